The number of rotatable bonds is 9. The number of carbonyl (C=O) groups is 3. The molecule has 0 aliphatic carbocycles. The van der Waals surface area contributed by atoms with Crippen molar-refractivity contribution in [2.24, 2.45) is 5.73 Å². The highest BCUT2D eigenvalue weighted by atomic mass is 35.5. The molecule has 1 aliphatic heterocycles. The molecule has 3 rings (SSSR count). The average molecular weight is 568 g/mol. The normalized spacial score (nSPS) is 14.0. The Morgan fingerprint density at radius 1 is 1.10 bits per heavy atom. The number of nitrogens with one attached hydrogen (secondary N) is 1. The standard InChI is InChI=1S/C20H25ClN2O5.C6H5NO2.2H2O/c1-4-28-20(25)18-15(11-27-10-9-22)23-12(2)16(19(24)26-3)17(18)13-7-5-6-8-14(13)21;8-6(9)5-2-1-3-7-4-5;;/h5-8,17,23H,4,9-11,22H2,1-3H3;1-4H,(H,8,9);2*1H2/t17-;;;/m0.../s1. The van der Waals surface area contributed by atoms with Gasteiger partial charge in [-0.2, -0.15) is 0 Å². The van der Waals surface area contributed by atoms with Crippen molar-refractivity contribution in [3.8, 4) is 0 Å². The lowest BCUT2D eigenvalue weighted by atomic mass is 9.80. The number of aromatic nitrogens is 1. The number of nitrogens with two attached hydrogens (primary N) is 1. The third-order valence-electron chi connectivity index (χ3n) is 5.18. The number of hydrogen-bond acceptors (Lipinski definition) is 9. The molecule has 0 radical (unpaired) electrons. The summed E-state index contributed by atoms with van der Waals surface area (Å²) in [5.41, 5.74) is 7.92. The molecule has 12 nitrogen and oxygen atoms in total. The van der Waals surface area contributed by atoms with E-state index in [9.17, 15) is 14.4 Å². The number of methoxy groups -OCH3 is 1. The number of pyridine rings is 1. The van der Waals surface area contributed by atoms with Crippen LogP contribution in [-0.4, -0.2) is 72.4 Å². The van der Waals surface area contributed by atoms with Gasteiger partial charge in [0.15, 0.2) is 0 Å². The van der Waals surface area contributed by atoms with Gasteiger partial charge in [-0.3, -0.25) is 4.98 Å². The lowest BCUT2D eigenvalue weighted by Crippen LogP contribution is -2.35. The highest BCUT2D eigenvalue weighted by molar-refractivity contribution is 6.31. The van der Waals surface area contributed by atoms with Crippen LogP contribution in [0, 0.1) is 0 Å². The highest BCUT2D eigenvalue weighted by Gasteiger charge is 2.39. The number of dihydropyridines is 1. The first-order valence-electron chi connectivity index (χ1n) is 11.4. The van der Waals surface area contributed by atoms with E-state index >= 15 is 0 Å². The summed E-state index contributed by atoms with van der Waals surface area (Å²) >= 11 is 6.42. The molecule has 1 aliphatic rings. The zero-order valence-electron chi connectivity index (χ0n) is 21.8. The molecule has 13 heteroatoms. The van der Waals surface area contributed by atoms with Crippen LogP contribution in [0.2, 0.25) is 5.02 Å². The van der Waals surface area contributed by atoms with Crippen molar-refractivity contribution in [2.45, 2.75) is 19.8 Å². The molecular weight excluding hydrogens is 534 g/mol. The number of esters is 2. The van der Waals surface area contributed by atoms with Crippen LogP contribution in [0.5, 0.6) is 0 Å². The van der Waals surface area contributed by atoms with Crippen molar-refractivity contribution in [1.82, 2.24) is 10.3 Å². The van der Waals surface area contributed by atoms with Gasteiger partial charge in [-0.25, -0.2) is 14.4 Å². The van der Waals surface area contributed by atoms with Gasteiger partial charge in [0.1, 0.15) is 0 Å². The molecule has 0 saturated heterocycles. The van der Waals surface area contributed by atoms with Crippen molar-refractivity contribution < 1.29 is 44.7 Å². The number of nitrogens with zero attached hydrogens (tertiary/aromatic N) is 1. The summed E-state index contributed by atoms with van der Waals surface area (Å²) in [5, 5.41) is 11.9. The fourth-order valence-corrected chi connectivity index (χ4v) is 3.85. The molecule has 0 saturated carbocycles. The van der Waals surface area contributed by atoms with Gasteiger partial charge in [-0.05, 0) is 37.6 Å². The molecule has 0 fully saturated rings. The van der Waals surface area contributed by atoms with Crippen LogP contribution >= 0.6 is 11.6 Å². The van der Waals surface area contributed by atoms with Gasteiger partial charge in [0.2, 0.25) is 0 Å². The van der Waals surface area contributed by atoms with Crippen LogP contribution in [0.4, 0.5) is 0 Å². The summed E-state index contributed by atoms with van der Waals surface area (Å²) in [5.74, 6) is -2.81. The first kappa shape index (κ1) is 35.2. The second kappa shape index (κ2) is 17.7. The number of carboxylic acid groups (broad SMARTS) is 1. The van der Waals surface area contributed by atoms with Crippen LogP contribution in [-0.2, 0) is 23.8 Å². The van der Waals surface area contributed by atoms with E-state index in [0.29, 0.717) is 40.7 Å². The maximum absolute atomic E-state index is 12.9. The molecule has 2 aromatic rings. The quantitative estimate of drug-likeness (QED) is 0.292. The lowest BCUT2D eigenvalue weighted by Gasteiger charge is -2.31. The fraction of sp³-hybridized carbons (Fsp3) is 0.308. The van der Waals surface area contributed by atoms with Crippen molar-refractivity contribution in [2.75, 3.05) is 33.5 Å². The molecule has 0 bridgehead atoms. The Labute approximate surface area is 231 Å². The van der Waals surface area contributed by atoms with Gasteiger partial charge >= 0.3 is 17.9 Å². The number of carbonyl (C=O) groups excluding carboxylic acids is 2. The molecular formula is C26H34ClN3O9. The van der Waals surface area contributed by atoms with E-state index in [0.717, 1.165) is 0 Å². The van der Waals surface area contributed by atoms with E-state index in [1.807, 2.05) is 0 Å². The molecule has 0 spiro atoms. The Kier molecular flexibility index (Phi) is 15.9. The van der Waals surface area contributed by atoms with E-state index in [1.54, 1.807) is 44.2 Å². The van der Waals surface area contributed by atoms with Crippen molar-refractivity contribution in [3.05, 3.63) is 87.5 Å². The number of hydrogen-bond donors (Lipinski definition) is 3. The number of allylic oxidation sites excluding steroid dienone is 1. The maximum Gasteiger partial charge on any atom is 0.337 e. The van der Waals surface area contributed by atoms with Gasteiger partial charge in [0.25, 0.3) is 0 Å². The summed E-state index contributed by atoms with van der Waals surface area (Å²) in [6, 6.07) is 10.1. The smallest absolute Gasteiger partial charge is 0.337 e. The van der Waals surface area contributed by atoms with Gasteiger partial charge in [-0.1, -0.05) is 29.8 Å². The van der Waals surface area contributed by atoms with E-state index in [1.165, 1.54) is 25.6 Å². The Morgan fingerprint density at radius 2 is 1.79 bits per heavy atom. The van der Waals surface area contributed by atoms with Crippen molar-refractivity contribution in [3.63, 3.8) is 0 Å². The van der Waals surface area contributed by atoms with Crippen molar-refractivity contribution >= 4 is 29.5 Å². The van der Waals surface area contributed by atoms with Gasteiger partial charge in [0, 0.05) is 29.7 Å². The first-order valence-corrected chi connectivity index (χ1v) is 11.8. The summed E-state index contributed by atoms with van der Waals surface area (Å²) in [7, 11) is 1.29. The second-order valence-corrected chi connectivity index (χ2v) is 8.02. The minimum absolute atomic E-state index is 0. The second-order valence-electron chi connectivity index (χ2n) is 7.61. The topological polar surface area (TPSA) is 213 Å². The number of aromatic carboxylic acids is 1. The number of halogens is 1. The third kappa shape index (κ3) is 9.46. The average Bonchev–Trinajstić information content (AvgIpc) is 2.89. The van der Waals surface area contributed by atoms with Crippen LogP contribution < -0.4 is 11.1 Å². The largest absolute Gasteiger partial charge is 0.478 e. The molecule has 1 aromatic heterocycles. The predicted octanol–water partition coefficient (Wildman–Crippen LogP) is 1.40. The SMILES string of the molecule is CCOC(=O)C1=C(COCCN)NC(C)=C(C(=O)OC)[C@@H]1c1ccccc1Cl.O.O.O=C(O)c1cccnc1. The fourth-order valence-electron chi connectivity index (χ4n) is 3.61. The molecule has 1 atom stereocenters. The van der Waals surface area contributed by atoms with Crippen LogP contribution in [0.15, 0.2) is 71.3 Å². The Hall–Kier alpha value is -3.81. The number of benzene rings is 1. The van der Waals surface area contributed by atoms with Crippen LogP contribution in [0.1, 0.15) is 35.7 Å². The van der Waals surface area contributed by atoms with Crippen LogP contribution in [0.3, 0.4) is 0 Å². The monoisotopic (exact) mass is 567 g/mol. The predicted molar refractivity (Wildman–Crippen MR) is 144 cm³/mol. The summed E-state index contributed by atoms with van der Waals surface area (Å²) in [6.45, 7) is 4.42. The molecule has 2 heterocycles. The van der Waals surface area contributed by atoms with E-state index in [4.69, 9.17) is 36.7 Å². The van der Waals surface area contributed by atoms with Gasteiger partial charge in [0.05, 0.1) is 55.3 Å². The van der Waals surface area contributed by atoms with E-state index < -0.39 is 23.8 Å². The summed E-state index contributed by atoms with van der Waals surface area (Å²) < 4.78 is 15.8. The molecule has 0 amide bonds. The van der Waals surface area contributed by atoms with Gasteiger partial charge < -0.3 is 41.3 Å². The molecule has 214 valence electrons. The minimum atomic E-state index is -0.942. The molecule has 0 unspecified atom stereocenters. The molecule has 39 heavy (non-hydrogen) atoms. The lowest BCUT2D eigenvalue weighted by molar-refractivity contribution is -0.139. The Morgan fingerprint density at radius 3 is 2.31 bits per heavy atom. The Balaban J connectivity index is 0.00000112. The zero-order chi connectivity index (χ0) is 27.4. The number of ether oxygens (including phenoxy) is 3. The van der Waals surface area contributed by atoms with Crippen LogP contribution in [0.25, 0.3) is 0 Å². The zero-order valence-corrected chi connectivity index (χ0v) is 22.6. The highest BCUT2D eigenvalue weighted by Crippen LogP contribution is 2.41. The Bertz CT molecular complexity index is 1170. The minimum Gasteiger partial charge on any atom is -0.478 e. The van der Waals surface area contributed by atoms with Crippen molar-refractivity contribution in [1.29, 1.82) is 0 Å². The van der Waals surface area contributed by atoms with E-state index in [2.05, 4.69) is 10.3 Å². The molecule has 1 aromatic carbocycles. The summed E-state index contributed by atoms with van der Waals surface area (Å²) in [6.07, 6.45) is 2.84. The summed E-state index contributed by atoms with van der Waals surface area (Å²) in [4.78, 5) is 39.2. The third-order valence-corrected chi connectivity index (χ3v) is 5.52. The van der Waals surface area contributed by atoms with E-state index in [-0.39, 0.29) is 35.3 Å². The first-order chi connectivity index (χ1) is 17.8. The van der Waals surface area contributed by atoms with Gasteiger partial charge in [-0.15, -0.1) is 0 Å². The molecule has 8 N–H and O–H groups in total. The number of carboxylic acids is 1. The maximum atomic E-state index is 12.9.